The summed E-state index contributed by atoms with van der Waals surface area (Å²) in [6, 6.07) is 10.3. The molecule has 2 nitrogen and oxygen atoms in total. The summed E-state index contributed by atoms with van der Waals surface area (Å²) in [7, 11) is 1.66. The van der Waals surface area contributed by atoms with Crippen LogP contribution in [-0.4, -0.2) is 7.11 Å². The molecule has 0 aliphatic rings. The normalized spacial score (nSPS) is 12.4. The monoisotopic (exact) mass is 325 g/mol. The van der Waals surface area contributed by atoms with Crippen LogP contribution in [0.1, 0.15) is 22.9 Å². The summed E-state index contributed by atoms with van der Waals surface area (Å²) in [5.74, 6) is 0.837. The molecule has 96 valence electrons. The molecule has 0 aliphatic heterocycles. The van der Waals surface area contributed by atoms with Crippen molar-refractivity contribution in [2.45, 2.75) is 18.9 Å². The van der Waals surface area contributed by atoms with E-state index in [9.17, 15) is 0 Å². The summed E-state index contributed by atoms with van der Waals surface area (Å²) in [5, 5.41) is 2.10. The molecule has 0 fully saturated rings. The van der Waals surface area contributed by atoms with Gasteiger partial charge < -0.3 is 10.5 Å². The lowest BCUT2D eigenvalue weighted by atomic mass is 10.0. The molecule has 0 bridgehead atoms. The topological polar surface area (TPSA) is 35.2 Å². The summed E-state index contributed by atoms with van der Waals surface area (Å²) in [6.07, 6.45) is 1.99. The number of benzene rings is 1. The first-order valence-electron chi connectivity index (χ1n) is 5.82. The van der Waals surface area contributed by atoms with Crippen molar-refractivity contribution in [3.05, 3.63) is 50.6 Å². The molecule has 2 rings (SSSR count). The number of aryl methyl sites for hydroxylation is 1. The van der Waals surface area contributed by atoms with Crippen LogP contribution in [0.4, 0.5) is 0 Å². The maximum Gasteiger partial charge on any atom is 0.133 e. The number of thiophene rings is 1. The van der Waals surface area contributed by atoms with Gasteiger partial charge in [0, 0.05) is 10.9 Å². The Kier molecular flexibility index (Phi) is 4.80. The molecule has 4 heteroatoms. The lowest BCUT2D eigenvalue weighted by Crippen LogP contribution is -2.11. The van der Waals surface area contributed by atoms with E-state index >= 15 is 0 Å². The fourth-order valence-electron chi connectivity index (χ4n) is 1.83. The second-order valence-corrected chi connectivity index (χ2v) is 6.01. The zero-order valence-electron chi connectivity index (χ0n) is 10.2. The Morgan fingerprint density at radius 3 is 2.83 bits per heavy atom. The Labute approximate surface area is 120 Å². The number of hydrogen-bond donors (Lipinski definition) is 1. The van der Waals surface area contributed by atoms with Crippen LogP contribution in [0.15, 0.2) is 40.2 Å². The lowest BCUT2D eigenvalue weighted by molar-refractivity contribution is 0.412. The predicted molar refractivity (Wildman–Crippen MR) is 80.3 cm³/mol. The van der Waals surface area contributed by atoms with Gasteiger partial charge in [-0.2, -0.15) is 0 Å². The second kappa shape index (κ2) is 6.36. The molecule has 1 heterocycles. The van der Waals surface area contributed by atoms with E-state index in [2.05, 4.69) is 33.4 Å². The van der Waals surface area contributed by atoms with Gasteiger partial charge in [0.1, 0.15) is 5.75 Å². The highest BCUT2D eigenvalue weighted by atomic mass is 79.9. The largest absolute Gasteiger partial charge is 0.496 e. The number of methoxy groups -OCH3 is 1. The third-order valence-electron chi connectivity index (χ3n) is 2.89. The molecule has 1 aromatic carbocycles. The van der Waals surface area contributed by atoms with Crippen LogP contribution in [-0.2, 0) is 6.42 Å². The maximum atomic E-state index is 6.21. The van der Waals surface area contributed by atoms with Gasteiger partial charge in [0.2, 0.25) is 0 Å². The van der Waals surface area contributed by atoms with Crippen molar-refractivity contribution >= 4 is 27.3 Å². The lowest BCUT2D eigenvalue weighted by Gasteiger charge is -2.13. The molecule has 1 aromatic heterocycles. The van der Waals surface area contributed by atoms with E-state index < -0.39 is 0 Å². The molecule has 2 aromatic rings. The van der Waals surface area contributed by atoms with Crippen molar-refractivity contribution in [3.8, 4) is 5.75 Å². The molecule has 0 amide bonds. The van der Waals surface area contributed by atoms with Gasteiger partial charge in [0.25, 0.3) is 0 Å². The zero-order valence-corrected chi connectivity index (χ0v) is 12.6. The van der Waals surface area contributed by atoms with Gasteiger partial charge in [0.05, 0.1) is 11.6 Å². The summed E-state index contributed by atoms with van der Waals surface area (Å²) in [6.45, 7) is 0. The highest BCUT2D eigenvalue weighted by molar-refractivity contribution is 9.10. The average Bonchev–Trinajstić information content (AvgIpc) is 2.89. The first-order valence-corrected chi connectivity index (χ1v) is 7.49. The quantitative estimate of drug-likeness (QED) is 0.896. The predicted octanol–water partition coefficient (Wildman–Crippen LogP) is 4.15. The Morgan fingerprint density at radius 1 is 1.39 bits per heavy atom. The van der Waals surface area contributed by atoms with E-state index in [0.717, 1.165) is 28.6 Å². The molecule has 0 saturated heterocycles. The third-order valence-corrected chi connectivity index (χ3v) is 4.44. The maximum absolute atomic E-state index is 6.21. The molecule has 18 heavy (non-hydrogen) atoms. The van der Waals surface area contributed by atoms with E-state index in [0.29, 0.717) is 0 Å². The standard InChI is InChI=1S/C14H16BrNOS/c1-17-14-7-4-10(9-12(14)15)13(16)6-5-11-3-2-8-18-11/h2-4,7-9,13H,5-6,16H2,1H3. The van der Waals surface area contributed by atoms with Gasteiger partial charge in [0.15, 0.2) is 0 Å². The van der Waals surface area contributed by atoms with Crippen LogP contribution in [0.25, 0.3) is 0 Å². The fraction of sp³-hybridized carbons (Fsp3) is 0.286. The third kappa shape index (κ3) is 3.34. The Hall–Kier alpha value is -0.840. The summed E-state index contributed by atoms with van der Waals surface area (Å²) >= 11 is 5.27. The van der Waals surface area contributed by atoms with Gasteiger partial charge >= 0.3 is 0 Å². The minimum atomic E-state index is 0.0642. The van der Waals surface area contributed by atoms with E-state index in [4.69, 9.17) is 10.5 Å². The van der Waals surface area contributed by atoms with Crippen molar-refractivity contribution in [1.29, 1.82) is 0 Å². The molecule has 0 spiro atoms. The van der Waals surface area contributed by atoms with Crippen LogP contribution in [0.2, 0.25) is 0 Å². The minimum Gasteiger partial charge on any atom is -0.496 e. The van der Waals surface area contributed by atoms with Crippen molar-refractivity contribution in [2.24, 2.45) is 5.73 Å². The van der Waals surface area contributed by atoms with E-state index in [1.54, 1.807) is 18.4 Å². The van der Waals surface area contributed by atoms with Crippen molar-refractivity contribution in [1.82, 2.24) is 0 Å². The van der Waals surface area contributed by atoms with Crippen LogP contribution < -0.4 is 10.5 Å². The van der Waals surface area contributed by atoms with Crippen LogP contribution in [0.3, 0.4) is 0 Å². The highest BCUT2D eigenvalue weighted by Crippen LogP contribution is 2.29. The molecule has 1 atom stereocenters. The number of halogens is 1. The number of ether oxygens (including phenoxy) is 1. The van der Waals surface area contributed by atoms with Crippen LogP contribution in [0, 0.1) is 0 Å². The van der Waals surface area contributed by atoms with Gasteiger partial charge in [-0.3, -0.25) is 0 Å². The number of rotatable bonds is 5. The van der Waals surface area contributed by atoms with Gasteiger partial charge in [-0.15, -0.1) is 11.3 Å². The molecule has 0 aliphatic carbocycles. The first kappa shape index (κ1) is 13.6. The van der Waals surface area contributed by atoms with E-state index in [1.807, 2.05) is 18.2 Å². The molecule has 2 N–H and O–H groups in total. The molecular formula is C14H16BrNOS. The van der Waals surface area contributed by atoms with Crippen LogP contribution >= 0.6 is 27.3 Å². The average molecular weight is 326 g/mol. The Bertz CT molecular complexity index is 499. The second-order valence-electron chi connectivity index (χ2n) is 4.12. The highest BCUT2D eigenvalue weighted by Gasteiger charge is 2.09. The van der Waals surface area contributed by atoms with Gasteiger partial charge in [-0.05, 0) is 57.9 Å². The van der Waals surface area contributed by atoms with Gasteiger partial charge in [-0.1, -0.05) is 12.1 Å². The summed E-state index contributed by atoms with van der Waals surface area (Å²) in [4.78, 5) is 1.39. The molecule has 0 radical (unpaired) electrons. The van der Waals surface area contributed by atoms with Crippen LogP contribution in [0.5, 0.6) is 5.75 Å². The number of hydrogen-bond acceptors (Lipinski definition) is 3. The fourth-order valence-corrected chi connectivity index (χ4v) is 3.12. The van der Waals surface area contributed by atoms with E-state index in [-0.39, 0.29) is 6.04 Å². The summed E-state index contributed by atoms with van der Waals surface area (Å²) in [5.41, 5.74) is 7.35. The number of nitrogens with two attached hydrogens (primary N) is 1. The Balaban J connectivity index is 2.00. The van der Waals surface area contributed by atoms with E-state index in [1.165, 1.54) is 4.88 Å². The van der Waals surface area contributed by atoms with Crippen molar-refractivity contribution in [3.63, 3.8) is 0 Å². The minimum absolute atomic E-state index is 0.0642. The zero-order chi connectivity index (χ0) is 13.0. The molecular weight excluding hydrogens is 310 g/mol. The SMILES string of the molecule is COc1ccc(C(N)CCc2cccs2)cc1Br. The molecule has 1 unspecified atom stereocenters. The van der Waals surface area contributed by atoms with Crippen molar-refractivity contribution in [2.75, 3.05) is 7.11 Å². The smallest absolute Gasteiger partial charge is 0.133 e. The first-order chi connectivity index (χ1) is 8.70. The van der Waals surface area contributed by atoms with Gasteiger partial charge in [-0.25, -0.2) is 0 Å². The Morgan fingerprint density at radius 2 is 2.22 bits per heavy atom. The summed E-state index contributed by atoms with van der Waals surface area (Å²) < 4.78 is 6.17. The molecule has 0 saturated carbocycles. The van der Waals surface area contributed by atoms with Crippen molar-refractivity contribution < 1.29 is 4.74 Å².